The molecule has 1 aliphatic rings. The maximum absolute atomic E-state index is 13.4. The molecule has 0 radical (unpaired) electrons. The van der Waals surface area contributed by atoms with Crippen LogP contribution in [0.5, 0.6) is 0 Å². The Hall–Kier alpha value is -0.946. The summed E-state index contributed by atoms with van der Waals surface area (Å²) >= 11 is 0. The zero-order valence-corrected chi connectivity index (χ0v) is 29.8. The second-order valence-corrected chi connectivity index (χ2v) is 22.9. The highest BCUT2D eigenvalue weighted by Crippen LogP contribution is 2.40. The monoisotopic (exact) mass is 594 g/mol. The fraction of sp³-hybridized carbons (Fsp3) is 0.879. The van der Waals surface area contributed by atoms with E-state index in [4.69, 9.17) is 13.6 Å². The van der Waals surface area contributed by atoms with Crippen molar-refractivity contribution in [1.29, 1.82) is 0 Å². The average molecular weight is 595 g/mol. The van der Waals surface area contributed by atoms with Gasteiger partial charge in [0.2, 0.25) is 0 Å². The number of hydrogen-bond donors (Lipinski definition) is 0. The Bertz CT molecular complexity index is 811. The summed E-state index contributed by atoms with van der Waals surface area (Å²) in [7, 11) is -2.42. The van der Waals surface area contributed by atoms with E-state index in [9.17, 15) is 9.59 Å². The molecule has 1 fully saturated rings. The molecule has 0 N–H and O–H groups in total. The molecule has 0 aliphatic heterocycles. The largest absolute Gasteiger partial charge is 0.469 e. The molecule has 0 saturated heterocycles. The van der Waals surface area contributed by atoms with Crippen LogP contribution in [0.2, 0.25) is 36.3 Å². The van der Waals surface area contributed by atoms with Gasteiger partial charge in [-0.15, -0.1) is 0 Å². The third kappa shape index (κ3) is 11.7. The van der Waals surface area contributed by atoms with Crippen LogP contribution in [0.25, 0.3) is 0 Å². The van der Waals surface area contributed by atoms with Gasteiger partial charge in [-0.2, -0.15) is 0 Å². The minimum absolute atomic E-state index is 0.0595. The highest BCUT2D eigenvalue weighted by atomic mass is 28.4. The first-order valence-electron chi connectivity index (χ1n) is 16.3. The predicted molar refractivity (Wildman–Crippen MR) is 172 cm³/mol. The summed E-state index contributed by atoms with van der Waals surface area (Å²) in [5, 5.41) is 0.123. The van der Waals surface area contributed by atoms with Crippen LogP contribution in [-0.2, 0) is 23.2 Å². The number of rotatable bonds is 18. The Morgan fingerprint density at radius 1 is 0.975 bits per heavy atom. The molecule has 0 unspecified atom stereocenters. The van der Waals surface area contributed by atoms with Crippen LogP contribution in [-0.4, -0.2) is 47.7 Å². The van der Waals surface area contributed by atoms with Crippen molar-refractivity contribution in [2.45, 2.75) is 168 Å². The van der Waals surface area contributed by atoms with E-state index >= 15 is 0 Å². The normalized spacial score (nSPS) is 20.8. The van der Waals surface area contributed by atoms with Gasteiger partial charge in [0.25, 0.3) is 0 Å². The van der Waals surface area contributed by atoms with Gasteiger partial charge in [0.15, 0.2) is 16.6 Å². The molecular weight excluding hydrogens is 533 g/mol. The van der Waals surface area contributed by atoms with Crippen molar-refractivity contribution in [3.05, 3.63) is 0 Å². The van der Waals surface area contributed by atoms with Crippen molar-refractivity contribution >= 4 is 28.4 Å². The van der Waals surface area contributed by atoms with Gasteiger partial charge in [-0.05, 0) is 61.9 Å². The molecule has 0 amide bonds. The predicted octanol–water partition coefficient (Wildman–Crippen LogP) is 9.07. The number of carbonyl (C=O) groups excluding carboxylic acids is 2. The first-order chi connectivity index (χ1) is 18.8. The van der Waals surface area contributed by atoms with Crippen molar-refractivity contribution in [2.75, 3.05) is 7.11 Å². The molecule has 0 heterocycles. The van der Waals surface area contributed by atoms with E-state index in [-0.39, 0.29) is 35.1 Å². The number of carbonyl (C=O) groups is 2. The average Bonchev–Trinajstić information content (AvgIpc) is 3.19. The smallest absolute Gasteiger partial charge is 0.305 e. The summed E-state index contributed by atoms with van der Waals surface area (Å²) in [5.41, 5.74) is 0. The third-order valence-corrected chi connectivity index (χ3v) is 18.7. The number of unbranched alkanes of at least 4 members (excludes halogenated alkanes) is 5. The van der Waals surface area contributed by atoms with E-state index in [2.05, 4.69) is 73.4 Å². The van der Waals surface area contributed by atoms with E-state index < -0.39 is 16.6 Å². The molecule has 1 saturated carbocycles. The number of hydrogen-bond acceptors (Lipinski definition) is 5. The molecule has 5 nitrogen and oxygen atoms in total. The summed E-state index contributed by atoms with van der Waals surface area (Å²) < 4.78 is 18.6. The fourth-order valence-corrected chi connectivity index (χ4v) is 9.57. The number of ether oxygens (including phenoxy) is 1. The molecule has 40 heavy (non-hydrogen) atoms. The molecule has 1 rings (SSSR count). The van der Waals surface area contributed by atoms with Crippen LogP contribution >= 0.6 is 0 Å². The molecular formula is C33H62O5Si2. The first-order valence-corrected chi connectivity index (χ1v) is 21.7. The van der Waals surface area contributed by atoms with Gasteiger partial charge in [0, 0.05) is 18.8 Å². The van der Waals surface area contributed by atoms with E-state index in [0.29, 0.717) is 18.6 Å². The summed E-state index contributed by atoms with van der Waals surface area (Å²) in [6.07, 6.45) is 9.83. The lowest BCUT2D eigenvalue weighted by molar-refractivity contribution is -0.140. The second kappa shape index (κ2) is 17.9. The minimum atomic E-state index is -1.98. The van der Waals surface area contributed by atoms with Crippen LogP contribution in [0.15, 0.2) is 0 Å². The molecule has 0 bridgehead atoms. The van der Waals surface area contributed by atoms with Gasteiger partial charge in [0.1, 0.15) is 11.9 Å². The van der Waals surface area contributed by atoms with Crippen molar-refractivity contribution in [2.24, 2.45) is 11.8 Å². The van der Waals surface area contributed by atoms with Crippen LogP contribution in [0.4, 0.5) is 0 Å². The lowest BCUT2D eigenvalue weighted by Crippen LogP contribution is -2.43. The summed E-state index contributed by atoms with van der Waals surface area (Å²) in [6, 6.07) is 3.22. The van der Waals surface area contributed by atoms with Gasteiger partial charge in [0.05, 0.1) is 19.1 Å². The maximum atomic E-state index is 13.4. The van der Waals surface area contributed by atoms with E-state index in [1.165, 1.54) is 20.0 Å². The van der Waals surface area contributed by atoms with Crippen LogP contribution < -0.4 is 0 Å². The quantitative estimate of drug-likeness (QED) is 0.0685. The molecule has 1 aliphatic carbocycles. The van der Waals surface area contributed by atoms with Gasteiger partial charge in [-0.3, -0.25) is 9.59 Å². The number of Topliss-reactive ketones (excluding diaryl/α,β-unsaturated/α-hetero) is 1. The Labute approximate surface area is 249 Å². The van der Waals surface area contributed by atoms with Crippen molar-refractivity contribution in [1.82, 2.24) is 0 Å². The lowest BCUT2D eigenvalue weighted by atomic mass is 9.89. The van der Waals surface area contributed by atoms with E-state index in [1.807, 2.05) is 0 Å². The molecule has 0 aromatic heterocycles. The number of esters is 1. The SMILES string of the molecule is CCCCC[C@@H](C#C[C@@H]1[C@H](CCCCCCC(=O)OC)C(=O)C[C@H]1O[Si](CC)(CC)CC)O[Si](C)(C)C(C)(C)C. The molecule has 0 spiro atoms. The Morgan fingerprint density at radius 3 is 2.15 bits per heavy atom. The van der Waals surface area contributed by atoms with Crippen molar-refractivity contribution < 1.29 is 23.2 Å². The van der Waals surface area contributed by atoms with Crippen LogP contribution in [0, 0.1) is 23.7 Å². The molecule has 0 aromatic rings. The maximum Gasteiger partial charge on any atom is 0.305 e. The summed E-state index contributed by atoms with van der Waals surface area (Å²) in [6.45, 7) is 20.4. The van der Waals surface area contributed by atoms with Gasteiger partial charge in [-0.25, -0.2) is 0 Å². The zero-order chi connectivity index (χ0) is 30.4. The minimum Gasteiger partial charge on any atom is -0.469 e. The fourth-order valence-electron chi connectivity index (χ4n) is 5.46. The molecule has 0 aromatic carbocycles. The number of methoxy groups -OCH3 is 1. The van der Waals surface area contributed by atoms with E-state index in [1.54, 1.807) is 0 Å². The highest BCUT2D eigenvalue weighted by molar-refractivity contribution is 6.74. The van der Waals surface area contributed by atoms with Crippen LogP contribution in [0.1, 0.15) is 119 Å². The first kappa shape index (κ1) is 37.1. The second-order valence-electron chi connectivity index (χ2n) is 13.4. The van der Waals surface area contributed by atoms with Crippen LogP contribution in [0.3, 0.4) is 0 Å². The lowest BCUT2D eigenvalue weighted by Gasteiger charge is -2.38. The standard InChI is InChI=1S/C33H62O5Si2/c1-11-15-18-21-27(37-39(9,10)33(5,6)7)24-25-29-28(22-19-16-17-20-23-32(35)36-8)30(34)26-31(29)38-40(12-2,13-3)14-4/h27-29,31H,11-23,26H2,1-10H3/t27-,28-,29+,31+/m0/s1. The molecule has 232 valence electrons. The summed E-state index contributed by atoms with van der Waals surface area (Å²) in [4.78, 5) is 24.8. The van der Waals surface area contributed by atoms with Gasteiger partial charge >= 0.3 is 5.97 Å². The topological polar surface area (TPSA) is 61.8 Å². The highest BCUT2D eigenvalue weighted by Gasteiger charge is 2.45. The Balaban J connectivity index is 3.18. The third-order valence-electron chi connectivity index (χ3n) is 9.58. The van der Waals surface area contributed by atoms with Gasteiger partial charge in [-0.1, -0.05) is 92.4 Å². The molecule has 4 atom stereocenters. The van der Waals surface area contributed by atoms with Crippen molar-refractivity contribution in [3.63, 3.8) is 0 Å². The van der Waals surface area contributed by atoms with E-state index in [0.717, 1.165) is 63.1 Å². The van der Waals surface area contributed by atoms with Gasteiger partial charge < -0.3 is 13.6 Å². The summed E-state index contributed by atoms with van der Waals surface area (Å²) in [5.74, 6) is 7.28. The van der Waals surface area contributed by atoms with Crippen molar-refractivity contribution in [3.8, 4) is 11.8 Å². The molecule has 7 heteroatoms. The Kier molecular flexibility index (Phi) is 16.6. The Morgan fingerprint density at radius 2 is 1.60 bits per heavy atom. The number of ketones is 1. The zero-order valence-electron chi connectivity index (χ0n) is 27.8.